The molecule has 0 aromatic heterocycles. The largest absolute Gasteiger partial charge is 0.0622 e. The van der Waals surface area contributed by atoms with Crippen molar-refractivity contribution in [2.45, 2.75) is 5.92 Å². The van der Waals surface area contributed by atoms with Gasteiger partial charge in [0.2, 0.25) is 0 Å². The summed E-state index contributed by atoms with van der Waals surface area (Å²) >= 11 is 3.61. The number of fused-ring (bicyclic) bond motifs is 3. The van der Waals surface area contributed by atoms with Crippen LogP contribution in [0.3, 0.4) is 0 Å². The highest BCUT2D eigenvalue weighted by molar-refractivity contribution is 9.10. The molecule has 0 spiro atoms. The number of hydrogen-bond acceptors (Lipinski definition) is 0. The van der Waals surface area contributed by atoms with Crippen molar-refractivity contribution in [2.75, 3.05) is 0 Å². The van der Waals surface area contributed by atoms with Crippen LogP contribution in [0.1, 0.15) is 22.6 Å². The maximum Gasteiger partial charge on any atom is 0.0352 e. The molecule has 0 saturated carbocycles. The molecule has 4 rings (SSSR count). The first kappa shape index (κ1) is 11.9. The van der Waals surface area contributed by atoms with Crippen LogP contribution in [0.5, 0.6) is 0 Å². The highest BCUT2D eigenvalue weighted by Crippen LogP contribution is 2.48. The minimum Gasteiger partial charge on any atom is -0.0622 e. The van der Waals surface area contributed by atoms with E-state index in [2.05, 4.69) is 88.7 Å². The van der Waals surface area contributed by atoms with E-state index in [1.165, 1.54) is 27.8 Å². The number of hydrogen-bond donors (Lipinski definition) is 0. The second-order valence-corrected chi connectivity index (χ2v) is 6.08. The summed E-state index contributed by atoms with van der Waals surface area (Å²) in [4.78, 5) is 0. The third-order valence-electron chi connectivity index (χ3n) is 4.02. The molecule has 20 heavy (non-hydrogen) atoms. The van der Waals surface area contributed by atoms with Crippen LogP contribution < -0.4 is 0 Å². The Morgan fingerprint density at radius 1 is 0.650 bits per heavy atom. The van der Waals surface area contributed by atoms with Crippen LogP contribution in [0.25, 0.3) is 11.1 Å². The van der Waals surface area contributed by atoms with Crippen molar-refractivity contribution in [3.8, 4) is 11.1 Å². The van der Waals surface area contributed by atoms with Gasteiger partial charge in [-0.05, 0) is 39.9 Å². The van der Waals surface area contributed by atoms with Crippen LogP contribution >= 0.6 is 15.9 Å². The second kappa shape index (κ2) is 4.60. The summed E-state index contributed by atoms with van der Waals surface area (Å²) in [6.07, 6.45) is 0. The van der Waals surface area contributed by atoms with E-state index in [1.807, 2.05) is 0 Å². The Hall–Kier alpha value is -1.86. The van der Waals surface area contributed by atoms with E-state index < -0.39 is 0 Å². The van der Waals surface area contributed by atoms with Crippen LogP contribution in [0.4, 0.5) is 0 Å². The summed E-state index contributed by atoms with van der Waals surface area (Å²) in [6.45, 7) is 0. The average molecular weight is 321 g/mol. The minimum absolute atomic E-state index is 0.347. The van der Waals surface area contributed by atoms with Gasteiger partial charge in [0.05, 0.1) is 0 Å². The molecule has 3 aromatic rings. The van der Waals surface area contributed by atoms with Gasteiger partial charge in [-0.3, -0.25) is 0 Å². The first-order valence-corrected chi connectivity index (χ1v) is 7.57. The van der Waals surface area contributed by atoms with Crippen LogP contribution in [-0.4, -0.2) is 0 Å². The lowest BCUT2D eigenvalue weighted by Gasteiger charge is -2.14. The predicted octanol–water partition coefficient (Wildman–Crippen LogP) is 5.61. The summed E-state index contributed by atoms with van der Waals surface area (Å²) in [7, 11) is 0. The molecule has 96 valence electrons. The summed E-state index contributed by atoms with van der Waals surface area (Å²) in [5.74, 6) is 0.347. The Morgan fingerprint density at radius 2 is 1.35 bits per heavy atom. The topological polar surface area (TPSA) is 0 Å². The quantitative estimate of drug-likeness (QED) is 0.427. The molecular formula is C19H13Br. The molecule has 1 heteroatoms. The van der Waals surface area contributed by atoms with Gasteiger partial charge >= 0.3 is 0 Å². The maximum absolute atomic E-state index is 3.61. The van der Waals surface area contributed by atoms with Gasteiger partial charge in [-0.15, -0.1) is 0 Å². The summed E-state index contributed by atoms with van der Waals surface area (Å²) in [5, 5.41) is 0. The van der Waals surface area contributed by atoms with Crippen LogP contribution in [0.2, 0.25) is 0 Å². The molecule has 0 N–H and O–H groups in total. The normalized spacial score (nSPS) is 15.8. The molecule has 0 amide bonds. The zero-order valence-corrected chi connectivity index (χ0v) is 12.5. The van der Waals surface area contributed by atoms with Crippen molar-refractivity contribution in [1.82, 2.24) is 0 Å². The van der Waals surface area contributed by atoms with Gasteiger partial charge in [0.15, 0.2) is 0 Å². The van der Waals surface area contributed by atoms with E-state index in [4.69, 9.17) is 0 Å². The molecular weight excluding hydrogens is 308 g/mol. The molecule has 0 heterocycles. The molecule has 3 aromatic carbocycles. The number of rotatable bonds is 1. The van der Waals surface area contributed by atoms with Crippen molar-refractivity contribution in [1.29, 1.82) is 0 Å². The number of halogens is 1. The molecule has 0 bridgehead atoms. The smallest absolute Gasteiger partial charge is 0.0352 e. The molecule has 0 fully saturated rings. The van der Waals surface area contributed by atoms with E-state index in [-0.39, 0.29) is 0 Å². The Bertz CT molecular complexity index is 775. The van der Waals surface area contributed by atoms with Crippen molar-refractivity contribution in [3.05, 3.63) is 94.0 Å². The minimum atomic E-state index is 0.347. The fourth-order valence-electron chi connectivity index (χ4n) is 3.18. The first-order valence-electron chi connectivity index (χ1n) is 6.78. The molecule has 0 saturated heterocycles. The van der Waals surface area contributed by atoms with Gasteiger partial charge in [-0.25, -0.2) is 0 Å². The van der Waals surface area contributed by atoms with Gasteiger partial charge < -0.3 is 0 Å². The standard InChI is InChI=1S/C19H13Br/c20-14-10-11-16-15-8-4-5-9-17(15)19(18(16)12-14)13-6-2-1-3-7-13/h1-12,19H/t19-/m1/s1. The zero-order valence-electron chi connectivity index (χ0n) is 10.9. The summed E-state index contributed by atoms with van der Waals surface area (Å²) in [5.41, 5.74) is 6.89. The monoisotopic (exact) mass is 320 g/mol. The highest BCUT2D eigenvalue weighted by atomic mass is 79.9. The van der Waals surface area contributed by atoms with Crippen molar-refractivity contribution < 1.29 is 0 Å². The Labute approximate surface area is 127 Å². The molecule has 0 aliphatic heterocycles. The lowest BCUT2D eigenvalue weighted by atomic mass is 9.89. The fourth-order valence-corrected chi connectivity index (χ4v) is 3.56. The van der Waals surface area contributed by atoms with Crippen LogP contribution in [0.15, 0.2) is 77.3 Å². The molecule has 1 aliphatic rings. The van der Waals surface area contributed by atoms with Gasteiger partial charge in [-0.2, -0.15) is 0 Å². The van der Waals surface area contributed by atoms with Crippen molar-refractivity contribution in [3.63, 3.8) is 0 Å². The van der Waals surface area contributed by atoms with Crippen molar-refractivity contribution >= 4 is 15.9 Å². The van der Waals surface area contributed by atoms with E-state index in [0.717, 1.165) is 4.47 Å². The summed E-state index contributed by atoms with van der Waals surface area (Å²) in [6, 6.07) is 26.1. The SMILES string of the molecule is Brc1ccc2c(c1)[C@H](c1ccccc1)c1ccccc1-2. The van der Waals surface area contributed by atoms with E-state index >= 15 is 0 Å². The molecule has 1 atom stereocenters. The predicted molar refractivity (Wildman–Crippen MR) is 87.0 cm³/mol. The lowest BCUT2D eigenvalue weighted by Crippen LogP contribution is -1.98. The van der Waals surface area contributed by atoms with E-state index in [1.54, 1.807) is 0 Å². The molecule has 1 aliphatic carbocycles. The third kappa shape index (κ3) is 1.74. The molecule has 0 nitrogen and oxygen atoms in total. The number of benzene rings is 3. The Balaban J connectivity index is 2.02. The molecule has 0 radical (unpaired) electrons. The fraction of sp³-hybridized carbons (Fsp3) is 0.0526. The summed E-state index contributed by atoms with van der Waals surface area (Å²) < 4.78 is 1.14. The van der Waals surface area contributed by atoms with Crippen molar-refractivity contribution in [2.24, 2.45) is 0 Å². The van der Waals surface area contributed by atoms with Crippen LogP contribution in [-0.2, 0) is 0 Å². The lowest BCUT2D eigenvalue weighted by molar-refractivity contribution is 1.01. The van der Waals surface area contributed by atoms with E-state index in [0.29, 0.717) is 5.92 Å². The highest BCUT2D eigenvalue weighted by Gasteiger charge is 2.29. The zero-order chi connectivity index (χ0) is 13.5. The second-order valence-electron chi connectivity index (χ2n) is 5.16. The van der Waals surface area contributed by atoms with Gasteiger partial charge in [0, 0.05) is 10.4 Å². The first-order chi connectivity index (χ1) is 9.84. The third-order valence-corrected chi connectivity index (χ3v) is 4.51. The maximum atomic E-state index is 3.61. The Morgan fingerprint density at radius 3 is 2.20 bits per heavy atom. The van der Waals surface area contributed by atoms with Gasteiger partial charge in [0.25, 0.3) is 0 Å². The average Bonchev–Trinajstić information content (AvgIpc) is 2.81. The van der Waals surface area contributed by atoms with Gasteiger partial charge in [-0.1, -0.05) is 76.6 Å². The van der Waals surface area contributed by atoms with Crippen LogP contribution in [0, 0.1) is 0 Å². The molecule has 0 unspecified atom stereocenters. The van der Waals surface area contributed by atoms with Gasteiger partial charge in [0.1, 0.15) is 0 Å². The Kier molecular flexibility index (Phi) is 2.75. The van der Waals surface area contributed by atoms with E-state index in [9.17, 15) is 0 Å².